The van der Waals surface area contributed by atoms with Gasteiger partial charge in [0.05, 0.1) is 18.2 Å². The number of hydrazone groups is 1. The zero-order valence-electron chi connectivity index (χ0n) is 12.4. The number of benzene rings is 1. The van der Waals surface area contributed by atoms with E-state index in [1.165, 1.54) is 0 Å². The van der Waals surface area contributed by atoms with Crippen LogP contribution in [0.25, 0.3) is 0 Å². The maximum atomic E-state index is 11.8. The zero-order chi connectivity index (χ0) is 14.5. The number of rotatable bonds is 5. The molecule has 0 aliphatic carbocycles. The Labute approximate surface area is 120 Å². The molecular weight excluding hydrogens is 252 g/mol. The molecule has 20 heavy (non-hydrogen) atoms. The van der Waals surface area contributed by atoms with Crippen LogP contribution in [0.1, 0.15) is 32.3 Å². The average Bonchev–Trinajstić information content (AvgIpc) is 2.78. The summed E-state index contributed by atoms with van der Waals surface area (Å²) in [6.07, 6.45) is 1.15. The van der Waals surface area contributed by atoms with E-state index in [2.05, 4.69) is 18.9 Å². The summed E-state index contributed by atoms with van der Waals surface area (Å²) in [5.41, 5.74) is 1.93. The third-order valence-electron chi connectivity index (χ3n) is 3.58. The van der Waals surface area contributed by atoms with E-state index in [0.717, 1.165) is 17.7 Å². The maximum Gasteiger partial charge on any atom is 0.311 e. The van der Waals surface area contributed by atoms with Gasteiger partial charge in [0.1, 0.15) is 6.61 Å². The molecule has 0 bridgehead atoms. The molecule has 0 amide bonds. The van der Waals surface area contributed by atoms with Crippen molar-refractivity contribution in [3.8, 4) is 0 Å². The SMILES string of the molecule is CC(C)C1CC(CC(=O)OCc2ccccc2)=NN1C. The third-order valence-corrected chi connectivity index (χ3v) is 3.58. The maximum absolute atomic E-state index is 11.8. The van der Waals surface area contributed by atoms with Crippen LogP contribution >= 0.6 is 0 Å². The molecule has 1 heterocycles. The molecular formula is C16H22N2O2. The second-order valence-electron chi connectivity index (χ2n) is 5.58. The lowest BCUT2D eigenvalue weighted by Gasteiger charge is -2.22. The third kappa shape index (κ3) is 3.83. The first-order chi connectivity index (χ1) is 9.56. The van der Waals surface area contributed by atoms with Crippen molar-refractivity contribution in [2.75, 3.05) is 7.05 Å². The molecule has 4 heteroatoms. The Balaban J connectivity index is 1.80. The van der Waals surface area contributed by atoms with Gasteiger partial charge in [-0.3, -0.25) is 9.80 Å². The smallest absolute Gasteiger partial charge is 0.311 e. The van der Waals surface area contributed by atoms with Crippen LogP contribution in [-0.4, -0.2) is 29.8 Å². The molecule has 0 aromatic heterocycles. The summed E-state index contributed by atoms with van der Waals surface area (Å²) in [7, 11) is 1.97. The molecule has 1 unspecified atom stereocenters. The van der Waals surface area contributed by atoms with E-state index >= 15 is 0 Å². The molecule has 4 nitrogen and oxygen atoms in total. The predicted molar refractivity (Wildman–Crippen MR) is 79.3 cm³/mol. The van der Waals surface area contributed by atoms with Gasteiger partial charge in [-0.05, 0) is 11.5 Å². The molecule has 0 radical (unpaired) electrons. The second-order valence-corrected chi connectivity index (χ2v) is 5.58. The number of hydrogen-bond acceptors (Lipinski definition) is 4. The fraction of sp³-hybridized carbons (Fsp3) is 0.500. The zero-order valence-corrected chi connectivity index (χ0v) is 12.4. The van der Waals surface area contributed by atoms with Gasteiger partial charge < -0.3 is 4.74 Å². The Bertz CT molecular complexity index is 483. The number of nitrogens with zero attached hydrogens (tertiary/aromatic N) is 2. The Morgan fingerprint density at radius 1 is 1.40 bits per heavy atom. The van der Waals surface area contributed by atoms with Gasteiger partial charge in [0, 0.05) is 13.5 Å². The van der Waals surface area contributed by atoms with Crippen LogP contribution in [0.2, 0.25) is 0 Å². The molecule has 108 valence electrons. The van der Waals surface area contributed by atoms with E-state index in [4.69, 9.17) is 4.74 Å². The van der Waals surface area contributed by atoms with Gasteiger partial charge in [0.25, 0.3) is 0 Å². The quantitative estimate of drug-likeness (QED) is 0.775. The van der Waals surface area contributed by atoms with Gasteiger partial charge in [-0.15, -0.1) is 0 Å². The van der Waals surface area contributed by atoms with Crippen molar-refractivity contribution in [2.45, 2.75) is 39.3 Å². The molecule has 0 fully saturated rings. The normalized spacial score (nSPS) is 18.3. The van der Waals surface area contributed by atoms with Gasteiger partial charge in [-0.2, -0.15) is 5.10 Å². The van der Waals surface area contributed by atoms with Crippen LogP contribution in [0.15, 0.2) is 35.4 Å². The molecule has 1 aliphatic rings. The van der Waals surface area contributed by atoms with E-state index in [-0.39, 0.29) is 5.97 Å². The van der Waals surface area contributed by atoms with Gasteiger partial charge >= 0.3 is 5.97 Å². The Hall–Kier alpha value is -1.84. The molecule has 0 saturated heterocycles. The predicted octanol–water partition coefficient (Wildman–Crippen LogP) is 2.84. The van der Waals surface area contributed by atoms with Crippen molar-refractivity contribution in [3.63, 3.8) is 0 Å². The Kier molecular flexibility index (Phi) is 4.77. The topological polar surface area (TPSA) is 41.9 Å². The summed E-state index contributed by atoms with van der Waals surface area (Å²) in [6.45, 7) is 4.68. The van der Waals surface area contributed by atoms with Crippen LogP contribution in [0.5, 0.6) is 0 Å². The molecule has 0 saturated carbocycles. The first-order valence-electron chi connectivity index (χ1n) is 7.05. The first-order valence-corrected chi connectivity index (χ1v) is 7.05. The largest absolute Gasteiger partial charge is 0.461 e. The van der Waals surface area contributed by atoms with Crippen LogP contribution in [-0.2, 0) is 16.1 Å². The minimum Gasteiger partial charge on any atom is -0.461 e. The van der Waals surface area contributed by atoms with Crippen LogP contribution in [0.4, 0.5) is 0 Å². The highest BCUT2D eigenvalue weighted by molar-refractivity contribution is 5.99. The van der Waals surface area contributed by atoms with Gasteiger partial charge in [-0.1, -0.05) is 44.2 Å². The number of carbonyl (C=O) groups is 1. The van der Waals surface area contributed by atoms with E-state index < -0.39 is 0 Å². The van der Waals surface area contributed by atoms with Crippen molar-refractivity contribution in [3.05, 3.63) is 35.9 Å². The highest BCUT2D eigenvalue weighted by atomic mass is 16.5. The number of esters is 1. The molecule has 1 aromatic carbocycles. The highest BCUT2D eigenvalue weighted by Crippen LogP contribution is 2.21. The summed E-state index contributed by atoms with van der Waals surface area (Å²) in [4.78, 5) is 11.8. The Morgan fingerprint density at radius 2 is 2.10 bits per heavy atom. The lowest BCUT2D eigenvalue weighted by atomic mass is 9.98. The average molecular weight is 274 g/mol. The fourth-order valence-corrected chi connectivity index (χ4v) is 2.44. The molecule has 1 aromatic rings. The fourth-order valence-electron chi connectivity index (χ4n) is 2.44. The standard InChI is InChI=1S/C16H22N2O2/c1-12(2)15-9-14(17-18(15)3)10-16(19)20-11-13-7-5-4-6-8-13/h4-8,12,15H,9-11H2,1-3H3. The monoisotopic (exact) mass is 274 g/mol. The molecule has 2 rings (SSSR count). The minimum atomic E-state index is -0.203. The van der Waals surface area contributed by atoms with Crippen molar-refractivity contribution in [1.29, 1.82) is 0 Å². The van der Waals surface area contributed by atoms with Crippen LogP contribution in [0.3, 0.4) is 0 Å². The number of carbonyl (C=O) groups excluding carboxylic acids is 1. The summed E-state index contributed by atoms with van der Waals surface area (Å²) in [5, 5.41) is 6.40. The lowest BCUT2D eigenvalue weighted by molar-refractivity contribution is -0.143. The molecule has 1 aliphatic heterocycles. The summed E-state index contributed by atoms with van der Waals surface area (Å²) in [5.74, 6) is 0.326. The summed E-state index contributed by atoms with van der Waals surface area (Å²) >= 11 is 0. The Morgan fingerprint density at radius 3 is 2.70 bits per heavy atom. The highest BCUT2D eigenvalue weighted by Gasteiger charge is 2.27. The molecule has 1 atom stereocenters. The first kappa shape index (κ1) is 14.6. The second kappa shape index (κ2) is 6.55. The van der Waals surface area contributed by atoms with Crippen LogP contribution in [0, 0.1) is 5.92 Å². The summed E-state index contributed by atoms with van der Waals surface area (Å²) in [6, 6.07) is 10.1. The van der Waals surface area contributed by atoms with Crippen molar-refractivity contribution >= 4 is 11.7 Å². The van der Waals surface area contributed by atoms with Crippen molar-refractivity contribution in [2.24, 2.45) is 11.0 Å². The van der Waals surface area contributed by atoms with E-state index in [1.807, 2.05) is 42.4 Å². The van der Waals surface area contributed by atoms with Crippen molar-refractivity contribution < 1.29 is 9.53 Å². The van der Waals surface area contributed by atoms with Crippen LogP contribution < -0.4 is 0 Å². The number of ether oxygens (including phenoxy) is 1. The number of hydrogen-bond donors (Lipinski definition) is 0. The van der Waals surface area contributed by atoms with E-state index in [9.17, 15) is 4.79 Å². The van der Waals surface area contributed by atoms with E-state index in [1.54, 1.807) is 0 Å². The lowest BCUT2D eigenvalue weighted by Crippen LogP contribution is -2.27. The van der Waals surface area contributed by atoms with Crippen molar-refractivity contribution in [1.82, 2.24) is 5.01 Å². The van der Waals surface area contributed by atoms with Gasteiger partial charge in [-0.25, -0.2) is 0 Å². The molecule has 0 spiro atoms. The molecule has 0 N–H and O–H groups in total. The summed E-state index contributed by atoms with van der Waals surface area (Å²) < 4.78 is 5.28. The van der Waals surface area contributed by atoms with Gasteiger partial charge in [0.15, 0.2) is 0 Å². The van der Waals surface area contributed by atoms with Gasteiger partial charge in [0.2, 0.25) is 0 Å². The van der Waals surface area contributed by atoms with E-state index in [0.29, 0.717) is 25.0 Å². The minimum absolute atomic E-state index is 0.203.